The summed E-state index contributed by atoms with van der Waals surface area (Å²) in [7, 11) is 0. The lowest BCUT2D eigenvalue weighted by atomic mass is 10.2. The third kappa shape index (κ3) is 3.91. The van der Waals surface area contributed by atoms with E-state index in [1.54, 1.807) is 15.6 Å². The quantitative estimate of drug-likeness (QED) is 0.401. The normalized spacial score (nSPS) is 11.3. The van der Waals surface area contributed by atoms with Crippen molar-refractivity contribution in [1.29, 1.82) is 0 Å². The first kappa shape index (κ1) is 19.6. The van der Waals surface area contributed by atoms with Crippen LogP contribution in [0.3, 0.4) is 0 Å². The Balaban J connectivity index is 1.78. The van der Waals surface area contributed by atoms with Crippen molar-refractivity contribution in [3.05, 3.63) is 76.6 Å². The predicted octanol–water partition coefficient (Wildman–Crippen LogP) is 5.88. The number of nitrogens with zero attached hydrogens (tertiary/aromatic N) is 4. The van der Waals surface area contributed by atoms with Crippen molar-refractivity contribution < 1.29 is 4.79 Å². The zero-order valence-electron chi connectivity index (χ0n) is 16.5. The van der Waals surface area contributed by atoms with E-state index in [0.717, 1.165) is 21.3 Å². The lowest BCUT2D eigenvalue weighted by Crippen LogP contribution is -2.30. The Kier molecular flexibility index (Phi) is 5.39. The van der Waals surface area contributed by atoms with Crippen molar-refractivity contribution in [1.82, 2.24) is 14.8 Å². The Hall–Kier alpha value is -2.70. The lowest BCUT2D eigenvalue weighted by molar-refractivity contribution is 0.0979. The summed E-state index contributed by atoms with van der Waals surface area (Å²) in [6.07, 6.45) is 1.83. The number of anilines is 1. The molecule has 0 N–H and O–H groups in total. The molecule has 0 saturated heterocycles. The number of aromatic nitrogens is 3. The SMILES string of the molecule is Cc1ccc(Cl)c2sc(N(Cc3ccccc3)C(=O)c3ccn(C(C)C)n3)nc12. The number of aryl methyl sites for hydroxylation is 1. The van der Waals surface area contributed by atoms with Gasteiger partial charge in [0.05, 0.1) is 21.8 Å². The Morgan fingerprint density at radius 1 is 1.17 bits per heavy atom. The van der Waals surface area contributed by atoms with E-state index >= 15 is 0 Å². The monoisotopic (exact) mass is 424 g/mol. The highest BCUT2D eigenvalue weighted by atomic mass is 35.5. The maximum absolute atomic E-state index is 13.4. The number of fused-ring (bicyclic) bond motifs is 1. The lowest BCUT2D eigenvalue weighted by Gasteiger charge is -2.19. The zero-order chi connectivity index (χ0) is 20.5. The number of carbonyl (C=O) groups excluding carboxylic acids is 1. The molecule has 148 valence electrons. The summed E-state index contributed by atoms with van der Waals surface area (Å²) in [4.78, 5) is 19.9. The van der Waals surface area contributed by atoms with Crippen molar-refractivity contribution in [2.45, 2.75) is 33.4 Å². The van der Waals surface area contributed by atoms with Crippen molar-refractivity contribution in [2.75, 3.05) is 4.90 Å². The maximum Gasteiger partial charge on any atom is 0.280 e. The fourth-order valence-electron chi connectivity index (χ4n) is 3.08. The molecule has 29 heavy (non-hydrogen) atoms. The van der Waals surface area contributed by atoms with Gasteiger partial charge in [-0.2, -0.15) is 5.10 Å². The Labute approximate surface area is 178 Å². The summed E-state index contributed by atoms with van der Waals surface area (Å²) in [5, 5.41) is 5.72. The van der Waals surface area contributed by atoms with Gasteiger partial charge in [0, 0.05) is 12.2 Å². The highest BCUT2D eigenvalue weighted by molar-refractivity contribution is 7.23. The number of benzene rings is 2. The second-order valence-corrected chi connectivity index (χ2v) is 8.57. The van der Waals surface area contributed by atoms with Crippen LogP contribution in [0.4, 0.5) is 5.13 Å². The van der Waals surface area contributed by atoms with Crippen LogP contribution in [0.1, 0.15) is 41.5 Å². The summed E-state index contributed by atoms with van der Waals surface area (Å²) < 4.78 is 2.67. The van der Waals surface area contributed by atoms with E-state index in [9.17, 15) is 4.79 Å². The van der Waals surface area contributed by atoms with Gasteiger partial charge in [-0.15, -0.1) is 0 Å². The third-order valence-corrected chi connectivity index (χ3v) is 6.24. The Morgan fingerprint density at radius 3 is 2.59 bits per heavy atom. The smallest absolute Gasteiger partial charge is 0.278 e. The number of amides is 1. The molecule has 2 heterocycles. The van der Waals surface area contributed by atoms with Crippen molar-refractivity contribution >= 4 is 44.2 Å². The molecule has 1 amide bonds. The van der Waals surface area contributed by atoms with Gasteiger partial charge in [0.25, 0.3) is 5.91 Å². The molecule has 7 heteroatoms. The van der Waals surface area contributed by atoms with E-state index in [-0.39, 0.29) is 11.9 Å². The van der Waals surface area contributed by atoms with Crippen molar-refractivity contribution in [2.24, 2.45) is 0 Å². The number of carbonyl (C=O) groups is 1. The molecule has 0 atom stereocenters. The summed E-state index contributed by atoms with van der Waals surface area (Å²) >= 11 is 7.82. The van der Waals surface area contributed by atoms with E-state index in [1.165, 1.54) is 11.3 Å². The average molecular weight is 425 g/mol. The second-order valence-electron chi connectivity index (χ2n) is 7.19. The first-order valence-electron chi connectivity index (χ1n) is 9.40. The molecular weight excluding hydrogens is 404 g/mol. The van der Waals surface area contributed by atoms with Crippen LogP contribution < -0.4 is 4.90 Å². The van der Waals surface area contributed by atoms with Crippen LogP contribution in [0.2, 0.25) is 5.02 Å². The summed E-state index contributed by atoms with van der Waals surface area (Å²) in [5.41, 5.74) is 3.28. The molecule has 4 rings (SSSR count). The van der Waals surface area contributed by atoms with Crippen LogP contribution in [0.25, 0.3) is 10.2 Å². The largest absolute Gasteiger partial charge is 0.280 e. The topological polar surface area (TPSA) is 51.0 Å². The molecular formula is C22H21ClN4OS. The number of rotatable bonds is 5. The van der Waals surface area contributed by atoms with Gasteiger partial charge in [-0.05, 0) is 44.0 Å². The maximum atomic E-state index is 13.4. The first-order chi connectivity index (χ1) is 13.9. The number of hydrogen-bond acceptors (Lipinski definition) is 4. The molecule has 2 aromatic carbocycles. The number of halogens is 1. The minimum Gasteiger partial charge on any atom is -0.278 e. The van der Waals surface area contributed by atoms with Gasteiger partial charge in [-0.1, -0.05) is 59.3 Å². The molecule has 4 aromatic rings. The molecule has 0 aliphatic heterocycles. The molecule has 0 unspecified atom stereocenters. The number of hydrogen-bond donors (Lipinski definition) is 0. The second kappa shape index (κ2) is 7.97. The van der Waals surface area contributed by atoms with Gasteiger partial charge >= 0.3 is 0 Å². The standard InChI is InChI=1S/C22H21ClN4OS/c1-14(2)27-12-11-18(25-27)21(28)26(13-16-7-5-4-6-8-16)22-24-19-15(3)9-10-17(23)20(19)29-22/h4-12,14H,13H2,1-3H3. The average Bonchev–Trinajstić information content (AvgIpc) is 3.37. The predicted molar refractivity (Wildman–Crippen MR) is 119 cm³/mol. The summed E-state index contributed by atoms with van der Waals surface area (Å²) in [5.74, 6) is -0.180. The third-order valence-electron chi connectivity index (χ3n) is 4.70. The minimum absolute atomic E-state index is 0.180. The fraction of sp³-hybridized carbons (Fsp3) is 0.227. The molecule has 0 saturated carbocycles. The van der Waals surface area contributed by atoms with Crippen LogP contribution in [0.15, 0.2) is 54.7 Å². The van der Waals surface area contributed by atoms with Gasteiger partial charge < -0.3 is 0 Å². The molecule has 5 nitrogen and oxygen atoms in total. The molecule has 0 spiro atoms. The highest BCUT2D eigenvalue weighted by Crippen LogP contribution is 2.36. The molecule has 0 radical (unpaired) electrons. The van der Waals surface area contributed by atoms with Crippen LogP contribution in [-0.2, 0) is 6.54 Å². The number of thiazole rings is 1. The molecule has 0 bridgehead atoms. The van der Waals surface area contributed by atoms with Crippen LogP contribution in [0.5, 0.6) is 0 Å². The Bertz CT molecular complexity index is 1130. The van der Waals surface area contributed by atoms with E-state index in [1.807, 2.05) is 69.4 Å². The summed E-state index contributed by atoms with van der Waals surface area (Å²) in [6, 6.07) is 15.6. The zero-order valence-corrected chi connectivity index (χ0v) is 18.0. The van der Waals surface area contributed by atoms with Crippen molar-refractivity contribution in [3.8, 4) is 0 Å². The van der Waals surface area contributed by atoms with E-state index in [0.29, 0.717) is 22.4 Å². The summed E-state index contributed by atoms with van der Waals surface area (Å²) in [6.45, 7) is 6.46. The van der Waals surface area contributed by atoms with Crippen molar-refractivity contribution in [3.63, 3.8) is 0 Å². The molecule has 0 aliphatic carbocycles. The first-order valence-corrected chi connectivity index (χ1v) is 10.6. The van der Waals surface area contributed by atoms with Gasteiger partial charge in [0.15, 0.2) is 10.8 Å². The molecule has 0 aliphatic rings. The highest BCUT2D eigenvalue weighted by Gasteiger charge is 2.24. The van der Waals surface area contributed by atoms with Crippen LogP contribution in [0, 0.1) is 6.92 Å². The van der Waals surface area contributed by atoms with Gasteiger partial charge in [0.2, 0.25) is 0 Å². The van der Waals surface area contributed by atoms with Gasteiger partial charge in [0.1, 0.15) is 0 Å². The fourth-order valence-corrected chi connectivity index (χ4v) is 4.39. The van der Waals surface area contributed by atoms with E-state index in [4.69, 9.17) is 16.6 Å². The van der Waals surface area contributed by atoms with Crippen LogP contribution in [-0.4, -0.2) is 20.7 Å². The Morgan fingerprint density at radius 2 is 1.93 bits per heavy atom. The minimum atomic E-state index is -0.180. The molecule has 2 aromatic heterocycles. The van der Waals surface area contributed by atoms with Gasteiger partial charge in [-0.3, -0.25) is 14.4 Å². The van der Waals surface area contributed by atoms with E-state index in [2.05, 4.69) is 5.10 Å². The van der Waals surface area contributed by atoms with E-state index < -0.39 is 0 Å². The van der Waals surface area contributed by atoms with Gasteiger partial charge in [-0.25, -0.2) is 4.98 Å². The molecule has 0 fully saturated rings. The van der Waals surface area contributed by atoms with Crippen LogP contribution >= 0.6 is 22.9 Å².